The molecule has 1 aromatic carbocycles. The Morgan fingerprint density at radius 2 is 2.18 bits per heavy atom. The second-order valence-electron chi connectivity index (χ2n) is 3.68. The van der Waals surface area contributed by atoms with Crippen molar-refractivity contribution in [3.8, 4) is 0 Å². The molecule has 0 bridgehead atoms. The number of nitrogens with zero attached hydrogens (tertiary/aromatic N) is 3. The van der Waals surface area contributed by atoms with E-state index in [1.54, 1.807) is 22.2 Å². The first-order valence-corrected chi connectivity index (χ1v) is 6.25. The summed E-state index contributed by atoms with van der Waals surface area (Å²) in [4.78, 5) is 1.07. The fourth-order valence-corrected chi connectivity index (χ4v) is 3.19. The summed E-state index contributed by atoms with van der Waals surface area (Å²) in [6.45, 7) is 0.600. The van der Waals surface area contributed by atoms with Crippen molar-refractivity contribution in [1.82, 2.24) is 15.0 Å². The number of nitrogen functional groups attached to an aromatic ring is 1. The van der Waals surface area contributed by atoms with Crippen molar-refractivity contribution in [2.24, 2.45) is 0 Å². The molecular weight excluding hydrogens is 256 g/mol. The monoisotopic (exact) mass is 264 g/mol. The number of anilines is 1. The largest absolute Gasteiger partial charge is 0.381 e. The number of hydrogen-bond donors (Lipinski definition) is 1. The molecule has 0 radical (unpaired) electrons. The van der Waals surface area contributed by atoms with E-state index >= 15 is 0 Å². The summed E-state index contributed by atoms with van der Waals surface area (Å²) in [6.07, 6.45) is 1.70. The average Bonchev–Trinajstić information content (AvgIpc) is 2.86. The van der Waals surface area contributed by atoms with Crippen LogP contribution in [0.5, 0.6) is 0 Å². The molecule has 0 unspecified atom stereocenters. The van der Waals surface area contributed by atoms with E-state index in [4.69, 9.17) is 17.3 Å². The van der Waals surface area contributed by atoms with Gasteiger partial charge in [0.2, 0.25) is 0 Å². The highest BCUT2D eigenvalue weighted by Gasteiger charge is 2.10. The Hall–Kier alpha value is -1.59. The first-order chi connectivity index (χ1) is 8.24. The molecule has 0 fully saturated rings. The number of halogens is 1. The van der Waals surface area contributed by atoms with Crippen LogP contribution in [0.15, 0.2) is 30.5 Å². The molecule has 2 N–H and O–H groups in total. The Labute approximate surface area is 107 Å². The van der Waals surface area contributed by atoms with Crippen LogP contribution in [-0.2, 0) is 6.54 Å². The SMILES string of the molecule is Nc1cn(Cc2sc3ccccc3c2Cl)nn1. The number of rotatable bonds is 2. The summed E-state index contributed by atoms with van der Waals surface area (Å²) >= 11 is 8.00. The van der Waals surface area contributed by atoms with E-state index in [9.17, 15) is 0 Å². The molecule has 86 valence electrons. The van der Waals surface area contributed by atoms with E-state index in [1.165, 1.54) is 4.70 Å². The molecule has 17 heavy (non-hydrogen) atoms. The van der Waals surface area contributed by atoms with Crippen molar-refractivity contribution >= 4 is 38.8 Å². The van der Waals surface area contributed by atoms with Crippen molar-refractivity contribution in [3.05, 3.63) is 40.4 Å². The molecule has 0 aliphatic carbocycles. The molecule has 0 aliphatic rings. The highest BCUT2D eigenvalue weighted by Crippen LogP contribution is 2.35. The third-order valence-corrected chi connectivity index (χ3v) is 4.16. The van der Waals surface area contributed by atoms with E-state index in [-0.39, 0.29) is 0 Å². The van der Waals surface area contributed by atoms with Gasteiger partial charge in [-0.2, -0.15) is 0 Å². The lowest BCUT2D eigenvalue weighted by Crippen LogP contribution is -1.98. The first kappa shape index (κ1) is 10.6. The molecule has 3 rings (SSSR count). The van der Waals surface area contributed by atoms with E-state index in [0.29, 0.717) is 12.4 Å². The van der Waals surface area contributed by atoms with Gasteiger partial charge < -0.3 is 5.73 Å². The molecule has 2 heterocycles. The lowest BCUT2D eigenvalue weighted by atomic mass is 10.2. The number of nitrogens with two attached hydrogens (primary N) is 1. The first-order valence-electron chi connectivity index (χ1n) is 5.05. The predicted octanol–water partition coefficient (Wildman–Crippen LogP) is 2.78. The van der Waals surface area contributed by atoms with Gasteiger partial charge in [-0.1, -0.05) is 35.0 Å². The van der Waals surface area contributed by atoms with E-state index in [2.05, 4.69) is 16.4 Å². The minimum atomic E-state index is 0.419. The maximum absolute atomic E-state index is 6.33. The molecule has 0 atom stereocenters. The minimum absolute atomic E-state index is 0.419. The van der Waals surface area contributed by atoms with Gasteiger partial charge in [0.25, 0.3) is 0 Å². The Balaban J connectivity index is 2.03. The molecule has 0 aliphatic heterocycles. The van der Waals surface area contributed by atoms with Crippen molar-refractivity contribution in [2.75, 3.05) is 5.73 Å². The van der Waals surface area contributed by atoms with Crippen LogP contribution in [0.1, 0.15) is 4.88 Å². The highest BCUT2D eigenvalue weighted by molar-refractivity contribution is 7.19. The van der Waals surface area contributed by atoms with Gasteiger partial charge >= 0.3 is 0 Å². The van der Waals surface area contributed by atoms with Crippen LogP contribution in [0.25, 0.3) is 10.1 Å². The summed E-state index contributed by atoms with van der Waals surface area (Å²) in [7, 11) is 0. The average molecular weight is 265 g/mol. The van der Waals surface area contributed by atoms with Crippen LogP contribution in [0.3, 0.4) is 0 Å². The molecule has 0 spiro atoms. The lowest BCUT2D eigenvalue weighted by Gasteiger charge is -1.97. The zero-order valence-electron chi connectivity index (χ0n) is 8.80. The van der Waals surface area contributed by atoms with Gasteiger partial charge in [-0.3, -0.25) is 0 Å². The van der Waals surface area contributed by atoms with Crippen molar-refractivity contribution in [2.45, 2.75) is 6.54 Å². The van der Waals surface area contributed by atoms with Crippen LogP contribution in [0, 0.1) is 0 Å². The van der Waals surface area contributed by atoms with Crippen molar-refractivity contribution < 1.29 is 0 Å². The summed E-state index contributed by atoms with van der Waals surface area (Å²) in [5.74, 6) is 0.419. The van der Waals surface area contributed by atoms with E-state index < -0.39 is 0 Å². The molecule has 0 saturated carbocycles. The van der Waals surface area contributed by atoms with Crippen LogP contribution >= 0.6 is 22.9 Å². The third kappa shape index (κ3) is 1.87. The standard InChI is InChI=1S/C11H9ClN4S/c12-11-7-3-1-2-4-8(7)17-9(11)5-16-6-10(13)14-15-16/h1-4,6H,5,13H2. The van der Waals surface area contributed by atoms with Crippen molar-refractivity contribution in [3.63, 3.8) is 0 Å². The predicted molar refractivity (Wildman–Crippen MR) is 70.4 cm³/mol. The fraction of sp³-hybridized carbons (Fsp3) is 0.0909. The maximum atomic E-state index is 6.33. The number of fused-ring (bicyclic) bond motifs is 1. The maximum Gasteiger partial charge on any atom is 0.165 e. The zero-order valence-corrected chi connectivity index (χ0v) is 10.4. The van der Waals surface area contributed by atoms with Crippen molar-refractivity contribution in [1.29, 1.82) is 0 Å². The molecule has 0 amide bonds. The third-order valence-electron chi connectivity index (χ3n) is 2.46. The van der Waals surface area contributed by atoms with Crippen LogP contribution in [-0.4, -0.2) is 15.0 Å². The molecule has 0 saturated heterocycles. The van der Waals surface area contributed by atoms with Crippen LogP contribution in [0.2, 0.25) is 5.02 Å². The quantitative estimate of drug-likeness (QED) is 0.774. The second-order valence-corrected chi connectivity index (χ2v) is 5.19. The summed E-state index contributed by atoms with van der Waals surface area (Å²) in [5.41, 5.74) is 5.52. The number of hydrogen-bond acceptors (Lipinski definition) is 4. The summed E-state index contributed by atoms with van der Waals surface area (Å²) in [5, 5.41) is 9.54. The zero-order chi connectivity index (χ0) is 11.8. The van der Waals surface area contributed by atoms with E-state index in [1.807, 2.05) is 18.2 Å². The molecule has 4 nitrogen and oxygen atoms in total. The van der Waals surface area contributed by atoms with Gasteiger partial charge in [0.1, 0.15) is 0 Å². The lowest BCUT2D eigenvalue weighted by molar-refractivity contribution is 0.656. The highest BCUT2D eigenvalue weighted by atomic mass is 35.5. The number of benzene rings is 1. The second kappa shape index (κ2) is 4.01. The van der Waals surface area contributed by atoms with Gasteiger partial charge in [-0.25, -0.2) is 4.68 Å². The molecule has 6 heteroatoms. The Morgan fingerprint density at radius 1 is 1.35 bits per heavy atom. The summed E-state index contributed by atoms with van der Waals surface area (Å²) < 4.78 is 2.87. The minimum Gasteiger partial charge on any atom is -0.381 e. The Bertz CT molecular complexity index is 673. The van der Waals surface area contributed by atoms with Gasteiger partial charge in [0, 0.05) is 15.0 Å². The molecule has 2 aromatic heterocycles. The van der Waals surface area contributed by atoms with Crippen LogP contribution in [0.4, 0.5) is 5.82 Å². The normalized spacial score (nSPS) is 11.1. The molecular formula is C11H9ClN4S. The smallest absolute Gasteiger partial charge is 0.165 e. The molecule has 3 aromatic rings. The van der Waals surface area contributed by atoms with Gasteiger partial charge in [-0.15, -0.1) is 16.4 Å². The summed E-state index contributed by atoms with van der Waals surface area (Å²) in [6, 6.07) is 8.07. The fourth-order valence-electron chi connectivity index (χ4n) is 1.70. The van der Waals surface area contributed by atoms with Gasteiger partial charge in [0.15, 0.2) is 5.82 Å². The van der Waals surface area contributed by atoms with E-state index in [0.717, 1.165) is 15.3 Å². The van der Waals surface area contributed by atoms with Crippen LogP contribution < -0.4 is 5.73 Å². The Morgan fingerprint density at radius 3 is 2.88 bits per heavy atom. The number of aromatic nitrogens is 3. The van der Waals surface area contributed by atoms with Gasteiger partial charge in [0.05, 0.1) is 17.8 Å². The number of thiophene rings is 1. The topological polar surface area (TPSA) is 56.7 Å². The Kier molecular flexibility index (Phi) is 2.49. The van der Waals surface area contributed by atoms with Gasteiger partial charge in [-0.05, 0) is 6.07 Å².